The fraction of sp³-hybridized carbons (Fsp3) is 0.154. The molecule has 0 aliphatic heterocycles. The summed E-state index contributed by atoms with van der Waals surface area (Å²) in [6.45, 7) is 6.79. The molecule has 2 heterocycles. The second-order valence-corrected chi connectivity index (χ2v) is 9.65. The van der Waals surface area contributed by atoms with Crippen molar-refractivity contribution in [2.45, 2.75) is 27.3 Å². The molecule has 0 atom stereocenters. The van der Waals surface area contributed by atoms with Crippen LogP contribution in [0.2, 0.25) is 0 Å². The van der Waals surface area contributed by atoms with E-state index < -0.39 is 0 Å². The molecule has 0 radical (unpaired) electrons. The minimum Gasteiger partial charge on any atom is -0.288 e. The van der Waals surface area contributed by atoms with Gasteiger partial charge in [-0.05, 0) is 67.4 Å². The van der Waals surface area contributed by atoms with Gasteiger partial charge in [-0.3, -0.25) is 13.8 Å². The van der Waals surface area contributed by atoms with Gasteiger partial charge in [0.2, 0.25) is 0 Å². The molecule has 3 aromatic carbocycles. The minimum atomic E-state index is 0.0131. The van der Waals surface area contributed by atoms with Gasteiger partial charge in [-0.15, -0.1) is 11.3 Å². The van der Waals surface area contributed by atoms with E-state index in [1.54, 1.807) is 11.3 Å². The van der Waals surface area contributed by atoms with Gasteiger partial charge in [0.25, 0.3) is 5.56 Å². The van der Waals surface area contributed by atoms with Gasteiger partial charge >= 0.3 is 0 Å². The Hall–Kier alpha value is -3.02. The average molecular weight is 443 g/mol. The van der Waals surface area contributed by atoms with Crippen LogP contribution in [0.1, 0.15) is 22.3 Å². The first kappa shape index (κ1) is 19.9. The molecule has 0 amide bonds. The summed E-state index contributed by atoms with van der Waals surface area (Å²) in [4.78, 5) is 14.8. The quantitative estimate of drug-likeness (QED) is 0.291. The van der Waals surface area contributed by atoms with E-state index in [1.165, 1.54) is 16.7 Å². The van der Waals surface area contributed by atoms with Crippen LogP contribution in [0, 0.1) is 24.7 Å². The van der Waals surface area contributed by atoms with E-state index in [0.717, 1.165) is 31.1 Å². The van der Waals surface area contributed by atoms with Gasteiger partial charge in [0.05, 0.1) is 22.3 Å². The number of hydrogen-bond acceptors (Lipinski definition) is 3. The summed E-state index contributed by atoms with van der Waals surface area (Å²) in [5.41, 5.74) is 7.54. The molecule has 0 spiro atoms. The molecule has 2 aromatic heterocycles. The van der Waals surface area contributed by atoms with Gasteiger partial charge in [-0.1, -0.05) is 60.2 Å². The van der Waals surface area contributed by atoms with Gasteiger partial charge < -0.3 is 0 Å². The molecular weight excluding hydrogens is 420 g/mol. The molecule has 0 aliphatic carbocycles. The van der Waals surface area contributed by atoms with E-state index in [-0.39, 0.29) is 5.56 Å². The van der Waals surface area contributed by atoms with Crippen molar-refractivity contribution in [2.75, 3.05) is 0 Å². The number of thiazole rings is 1. The number of aryl methyl sites for hydroxylation is 3. The fourth-order valence-electron chi connectivity index (χ4n) is 4.20. The Morgan fingerprint density at radius 2 is 1.65 bits per heavy atom. The Bertz CT molecular complexity index is 1590. The summed E-state index contributed by atoms with van der Waals surface area (Å²) < 4.78 is 4.72. The van der Waals surface area contributed by atoms with Crippen LogP contribution in [0.25, 0.3) is 27.0 Å². The number of para-hydroxylation sites is 1. The van der Waals surface area contributed by atoms with Crippen molar-refractivity contribution in [3.63, 3.8) is 0 Å². The maximum absolute atomic E-state index is 13.7. The van der Waals surface area contributed by atoms with Crippen LogP contribution in [0.5, 0.6) is 0 Å². The first-order valence-electron chi connectivity index (χ1n) is 10.2. The second kappa shape index (κ2) is 7.59. The van der Waals surface area contributed by atoms with Gasteiger partial charge in [-0.25, -0.2) is 0 Å². The Kier molecular flexibility index (Phi) is 4.88. The highest BCUT2D eigenvalue weighted by Gasteiger charge is 2.19. The van der Waals surface area contributed by atoms with Crippen molar-refractivity contribution in [3.05, 3.63) is 103 Å². The lowest BCUT2D eigenvalue weighted by atomic mass is 10.0. The Morgan fingerprint density at radius 1 is 0.903 bits per heavy atom. The van der Waals surface area contributed by atoms with Gasteiger partial charge in [0, 0.05) is 0 Å². The van der Waals surface area contributed by atoms with Crippen molar-refractivity contribution < 1.29 is 0 Å². The van der Waals surface area contributed by atoms with Crippen LogP contribution in [-0.2, 0) is 6.54 Å². The molecule has 0 unspecified atom stereocenters. The number of benzene rings is 3. The van der Waals surface area contributed by atoms with Gasteiger partial charge in [-0.2, -0.15) is 0 Å². The lowest BCUT2D eigenvalue weighted by molar-refractivity contribution is 0.775. The summed E-state index contributed by atoms with van der Waals surface area (Å²) in [6, 6.07) is 22.4. The number of aromatic nitrogens is 2. The highest BCUT2D eigenvalue weighted by Crippen LogP contribution is 2.35. The van der Waals surface area contributed by atoms with Crippen molar-refractivity contribution in [3.8, 4) is 10.4 Å². The predicted octanol–water partition coefficient (Wildman–Crippen LogP) is 6.69. The smallest absolute Gasteiger partial charge is 0.261 e. The fourth-order valence-corrected chi connectivity index (χ4v) is 5.72. The van der Waals surface area contributed by atoms with Crippen molar-refractivity contribution >= 4 is 40.1 Å². The first-order chi connectivity index (χ1) is 15.0. The molecule has 0 aliphatic rings. The monoisotopic (exact) mass is 442 g/mol. The zero-order chi connectivity index (χ0) is 21.7. The van der Waals surface area contributed by atoms with E-state index >= 15 is 0 Å². The SMILES string of the molecule is Cc1ccc(C)c(Cn2c(=O)c3ccccc3n3c(=S)sc(-c4ccccc4C)c23)c1. The molecule has 0 bridgehead atoms. The minimum absolute atomic E-state index is 0.0131. The van der Waals surface area contributed by atoms with Crippen molar-refractivity contribution in [1.82, 2.24) is 8.97 Å². The Labute approximate surface area is 189 Å². The largest absolute Gasteiger partial charge is 0.288 e. The summed E-state index contributed by atoms with van der Waals surface area (Å²) in [5.74, 6) is 0. The highest BCUT2D eigenvalue weighted by atomic mass is 32.1. The van der Waals surface area contributed by atoms with E-state index in [4.69, 9.17) is 12.2 Å². The molecule has 5 heteroatoms. The molecule has 5 rings (SSSR count). The standard InChI is InChI=1S/C26H22N2OS2/c1-16-12-13-17(2)19(14-16)15-27-24-23(20-9-5-4-8-18(20)3)31-26(30)28(24)22-11-7-6-10-21(22)25(27)29/h4-14H,15H2,1-3H3. The molecule has 0 fully saturated rings. The predicted molar refractivity (Wildman–Crippen MR) is 133 cm³/mol. The van der Waals surface area contributed by atoms with Crippen LogP contribution in [0.15, 0.2) is 71.5 Å². The summed E-state index contributed by atoms with van der Waals surface area (Å²) in [7, 11) is 0. The number of rotatable bonds is 3. The van der Waals surface area contributed by atoms with Crippen LogP contribution in [0.3, 0.4) is 0 Å². The van der Waals surface area contributed by atoms with Crippen LogP contribution in [0.4, 0.5) is 0 Å². The maximum atomic E-state index is 13.7. The normalized spacial score (nSPS) is 11.5. The Morgan fingerprint density at radius 3 is 2.45 bits per heavy atom. The zero-order valence-corrected chi connectivity index (χ0v) is 19.3. The van der Waals surface area contributed by atoms with Crippen LogP contribution >= 0.6 is 23.6 Å². The number of fused-ring (bicyclic) bond motifs is 3. The van der Waals surface area contributed by atoms with Crippen LogP contribution < -0.4 is 5.56 Å². The van der Waals surface area contributed by atoms with Crippen molar-refractivity contribution in [2.24, 2.45) is 0 Å². The van der Waals surface area contributed by atoms with Crippen LogP contribution in [-0.4, -0.2) is 8.97 Å². The lowest BCUT2D eigenvalue weighted by Gasteiger charge is -2.15. The van der Waals surface area contributed by atoms with Gasteiger partial charge in [0.1, 0.15) is 5.65 Å². The van der Waals surface area contributed by atoms with Crippen molar-refractivity contribution in [1.29, 1.82) is 0 Å². The number of hydrogen-bond donors (Lipinski definition) is 0. The summed E-state index contributed by atoms with van der Waals surface area (Å²) in [5, 5.41) is 0.686. The second-order valence-electron chi connectivity index (χ2n) is 8.01. The maximum Gasteiger partial charge on any atom is 0.261 e. The summed E-state index contributed by atoms with van der Waals surface area (Å²) >= 11 is 7.39. The third-order valence-corrected chi connectivity index (χ3v) is 7.28. The molecule has 0 saturated carbocycles. The van der Waals surface area contributed by atoms with E-state index in [2.05, 4.69) is 55.5 Å². The van der Waals surface area contributed by atoms with E-state index in [1.807, 2.05) is 41.0 Å². The number of nitrogens with zero attached hydrogens (tertiary/aromatic N) is 2. The zero-order valence-electron chi connectivity index (χ0n) is 17.7. The molecule has 31 heavy (non-hydrogen) atoms. The summed E-state index contributed by atoms with van der Waals surface area (Å²) in [6.07, 6.45) is 0. The van der Waals surface area contributed by atoms with E-state index in [0.29, 0.717) is 11.9 Å². The third kappa shape index (κ3) is 3.25. The molecule has 154 valence electrons. The molecular formula is C26H22N2OS2. The molecule has 3 nitrogen and oxygen atoms in total. The first-order valence-corrected chi connectivity index (χ1v) is 11.5. The van der Waals surface area contributed by atoms with E-state index in [9.17, 15) is 4.79 Å². The van der Waals surface area contributed by atoms with Gasteiger partial charge in [0.15, 0.2) is 3.95 Å². The third-order valence-electron chi connectivity index (χ3n) is 5.89. The topological polar surface area (TPSA) is 26.4 Å². The highest BCUT2D eigenvalue weighted by molar-refractivity contribution is 7.73. The Balaban J connectivity index is 1.94. The molecule has 0 N–H and O–H groups in total. The molecule has 0 saturated heterocycles. The lowest BCUT2D eigenvalue weighted by Crippen LogP contribution is -2.24. The molecule has 5 aromatic rings. The average Bonchev–Trinajstić information content (AvgIpc) is 3.10.